The molecule has 1 heterocycles. The second-order valence-electron chi connectivity index (χ2n) is 4.36. The average molecular weight is 229 g/mol. The van der Waals surface area contributed by atoms with Crippen molar-refractivity contribution in [3.8, 4) is 0 Å². The van der Waals surface area contributed by atoms with Crippen LogP contribution in [0.2, 0.25) is 0 Å². The molecule has 1 unspecified atom stereocenters. The van der Waals surface area contributed by atoms with E-state index in [9.17, 15) is 0 Å². The summed E-state index contributed by atoms with van der Waals surface area (Å²) >= 11 is 0. The van der Waals surface area contributed by atoms with E-state index in [1.165, 1.54) is 11.3 Å². The van der Waals surface area contributed by atoms with Crippen molar-refractivity contribution in [3.05, 3.63) is 53.3 Å². The summed E-state index contributed by atoms with van der Waals surface area (Å²) in [5, 5.41) is 7.84. The van der Waals surface area contributed by atoms with Crippen LogP contribution >= 0.6 is 0 Å². The maximum atomic E-state index is 4.50. The van der Waals surface area contributed by atoms with E-state index >= 15 is 0 Å². The molecule has 17 heavy (non-hydrogen) atoms. The number of aromatic nitrogens is 2. The van der Waals surface area contributed by atoms with Crippen LogP contribution < -0.4 is 5.32 Å². The van der Waals surface area contributed by atoms with Crippen LogP contribution in [0.15, 0.2) is 36.4 Å². The van der Waals surface area contributed by atoms with E-state index in [4.69, 9.17) is 0 Å². The minimum Gasteiger partial charge on any atom is -0.311 e. The van der Waals surface area contributed by atoms with Crippen molar-refractivity contribution >= 4 is 0 Å². The average Bonchev–Trinajstić information content (AvgIpc) is 2.66. The highest BCUT2D eigenvalue weighted by Gasteiger charge is 2.11. The molecule has 0 saturated heterocycles. The van der Waals surface area contributed by atoms with Gasteiger partial charge in [-0.25, -0.2) is 0 Å². The van der Waals surface area contributed by atoms with Gasteiger partial charge in [0.05, 0.1) is 18.3 Å². The van der Waals surface area contributed by atoms with Gasteiger partial charge in [-0.05, 0) is 32.5 Å². The molecule has 0 radical (unpaired) electrons. The van der Waals surface area contributed by atoms with Gasteiger partial charge in [0.1, 0.15) is 0 Å². The molecule has 0 fully saturated rings. The Morgan fingerprint density at radius 2 is 1.94 bits per heavy atom. The van der Waals surface area contributed by atoms with E-state index in [0.29, 0.717) is 6.04 Å². The normalized spacial score (nSPS) is 12.6. The van der Waals surface area contributed by atoms with Crippen molar-refractivity contribution in [2.45, 2.75) is 26.4 Å². The van der Waals surface area contributed by atoms with E-state index in [1.807, 2.05) is 20.0 Å². The lowest BCUT2D eigenvalue weighted by Gasteiger charge is -2.17. The maximum Gasteiger partial charge on any atom is 0.0607 e. The molecule has 0 spiro atoms. The van der Waals surface area contributed by atoms with Gasteiger partial charge in [0, 0.05) is 5.69 Å². The molecule has 0 aliphatic heterocycles. The molecule has 3 heteroatoms. The van der Waals surface area contributed by atoms with E-state index in [1.54, 1.807) is 0 Å². The zero-order chi connectivity index (χ0) is 12.3. The second-order valence-corrected chi connectivity index (χ2v) is 4.36. The number of nitrogens with one attached hydrogen (secondary N) is 1. The molecular formula is C14H19N3. The smallest absolute Gasteiger partial charge is 0.0607 e. The summed E-state index contributed by atoms with van der Waals surface area (Å²) in [6, 6.07) is 12.9. The summed E-state index contributed by atoms with van der Waals surface area (Å²) in [5.41, 5.74) is 3.58. The van der Waals surface area contributed by atoms with Crippen LogP contribution in [0.25, 0.3) is 0 Å². The van der Waals surface area contributed by atoms with Crippen LogP contribution in [0.1, 0.15) is 23.0 Å². The summed E-state index contributed by atoms with van der Waals surface area (Å²) in [6.07, 6.45) is 0. The molecule has 0 aliphatic rings. The minimum absolute atomic E-state index is 0.300. The predicted molar refractivity (Wildman–Crippen MR) is 69.9 cm³/mol. The molecule has 2 rings (SSSR count). The van der Waals surface area contributed by atoms with Gasteiger partial charge >= 0.3 is 0 Å². The number of hydrogen-bond donors (Lipinski definition) is 1. The summed E-state index contributed by atoms with van der Waals surface area (Å²) in [4.78, 5) is 0. The molecular weight excluding hydrogens is 210 g/mol. The fourth-order valence-electron chi connectivity index (χ4n) is 2.08. The highest BCUT2D eigenvalue weighted by atomic mass is 15.3. The van der Waals surface area contributed by atoms with E-state index in [-0.39, 0.29) is 0 Å². The summed E-state index contributed by atoms with van der Waals surface area (Å²) in [7, 11) is 1.99. The number of benzene rings is 1. The summed E-state index contributed by atoms with van der Waals surface area (Å²) in [5.74, 6) is 0. The van der Waals surface area contributed by atoms with E-state index < -0.39 is 0 Å². The number of rotatable bonds is 4. The topological polar surface area (TPSA) is 29.9 Å². The Labute approximate surface area is 102 Å². The Bertz CT molecular complexity index is 473. The van der Waals surface area contributed by atoms with Gasteiger partial charge in [-0.15, -0.1) is 0 Å². The molecule has 0 aliphatic carbocycles. The Hall–Kier alpha value is -1.61. The highest BCUT2D eigenvalue weighted by Crippen LogP contribution is 2.15. The molecule has 1 atom stereocenters. The molecule has 3 nitrogen and oxygen atoms in total. The number of hydrogen-bond acceptors (Lipinski definition) is 2. The standard InChI is InChI=1S/C14H19N3/c1-11-9-12(2)17(16-11)10-14(15-3)13-7-5-4-6-8-13/h4-9,14-15H,10H2,1-3H3. The van der Waals surface area contributed by atoms with E-state index in [2.05, 4.69) is 52.4 Å². The lowest BCUT2D eigenvalue weighted by Crippen LogP contribution is -2.23. The van der Waals surface area contributed by atoms with Gasteiger partial charge < -0.3 is 5.32 Å². The van der Waals surface area contributed by atoms with Crippen LogP contribution in [-0.2, 0) is 6.54 Å². The number of nitrogens with zero attached hydrogens (tertiary/aromatic N) is 2. The quantitative estimate of drug-likeness (QED) is 0.872. The molecule has 90 valence electrons. The number of likely N-dealkylation sites (N-methyl/N-ethyl adjacent to an activating group) is 1. The third kappa shape index (κ3) is 2.74. The molecule has 1 aromatic heterocycles. The molecule has 1 N–H and O–H groups in total. The lowest BCUT2D eigenvalue weighted by atomic mass is 10.1. The van der Waals surface area contributed by atoms with E-state index in [0.717, 1.165) is 12.2 Å². The minimum atomic E-state index is 0.300. The van der Waals surface area contributed by atoms with Crippen LogP contribution in [0.3, 0.4) is 0 Å². The third-order valence-electron chi connectivity index (χ3n) is 3.01. The first kappa shape index (κ1) is 11.9. The molecule has 0 saturated carbocycles. The molecule has 0 bridgehead atoms. The Morgan fingerprint density at radius 3 is 2.47 bits per heavy atom. The van der Waals surface area contributed by atoms with Crippen LogP contribution in [0.5, 0.6) is 0 Å². The van der Waals surface area contributed by atoms with Crippen molar-refractivity contribution < 1.29 is 0 Å². The monoisotopic (exact) mass is 229 g/mol. The SMILES string of the molecule is CNC(Cn1nc(C)cc1C)c1ccccc1. The van der Waals surface area contributed by atoms with Crippen molar-refractivity contribution in [1.29, 1.82) is 0 Å². The molecule has 1 aromatic carbocycles. The van der Waals surface area contributed by atoms with Crippen LogP contribution in [0.4, 0.5) is 0 Å². The fourth-order valence-corrected chi connectivity index (χ4v) is 2.08. The fraction of sp³-hybridized carbons (Fsp3) is 0.357. The Morgan fingerprint density at radius 1 is 1.24 bits per heavy atom. The summed E-state index contributed by atoms with van der Waals surface area (Å²) in [6.45, 7) is 4.98. The summed E-state index contributed by atoms with van der Waals surface area (Å²) < 4.78 is 2.06. The first-order valence-corrected chi connectivity index (χ1v) is 5.94. The van der Waals surface area contributed by atoms with Gasteiger partial charge in [0.15, 0.2) is 0 Å². The van der Waals surface area contributed by atoms with Gasteiger partial charge in [-0.3, -0.25) is 4.68 Å². The van der Waals surface area contributed by atoms with Crippen molar-refractivity contribution in [2.75, 3.05) is 7.05 Å². The second kappa shape index (κ2) is 5.15. The highest BCUT2D eigenvalue weighted by molar-refractivity contribution is 5.19. The molecule has 0 amide bonds. The van der Waals surface area contributed by atoms with Crippen molar-refractivity contribution in [2.24, 2.45) is 0 Å². The zero-order valence-corrected chi connectivity index (χ0v) is 10.6. The lowest BCUT2D eigenvalue weighted by molar-refractivity contribution is 0.460. The van der Waals surface area contributed by atoms with Crippen LogP contribution in [0, 0.1) is 13.8 Å². The predicted octanol–water partition coefficient (Wildman–Crippen LogP) is 2.46. The maximum absolute atomic E-state index is 4.50. The van der Waals surface area contributed by atoms with Crippen molar-refractivity contribution in [3.63, 3.8) is 0 Å². The first-order valence-electron chi connectivity index (χ1n) is 5.94. The number of aryl methyl sites for hydroxylation is 2. The van der Waals surface area contributed by atoms with Gasteiger partial charge in [0.25, 0.3) is 0 Å². The van der Waals surface area contributed by atoms with Crippen LogP contribution in [-0.4, -0.2) is 16.8 Å². The third-order valence-corrected chi connectivity index (χ3v) is 3.01. The Balaban J connectivity index is 2.18. The first-order chi connectivity index (χ1) is 8.20. The van der Waals surface area contributed by atoms with Gasteiger partial charge in [-0.1, -0.05) is 30.3 Å². The van der Waals surface area contributed by atoms with Gasteiger partial charge in [0.2, 0.25) is 0 Å². The largest absolute Gasteiger partial charge is 0.311 e. The van der Waals surface area contributed by atoms with Gasteiger partial charge in [-0.2, -0.15) is 5.10 Å². The molecule has 2 aromatic rings. The Kier molecular flexibility index (Phi) is 3.59. The zero-order valence-electron chi connectivity index (χ0n) is 10.6. The van der Waals surface area contributed by atoms with Crippen molar-refractivity contribution in [1.82, 2.24) is 15.1 Å².